The minimum Gasteiger partial charge on any atom is -0.344 e. The van der Waals surface area contributed by atoms with Gasteiger partial charge in [0.2, 0.25) is 0 Å². The van der Waals surface area contributed by atoms with E-state index in [-0.39, 0.29) is 0 Å². The Morgan fingerprint density at radius 3 is 1.89 bits per heavy atom. The van der Waals surface area contributed by atoms with Crippen LogP contribution in [0, 0.1) is 0 Å². The molecule has 0 aromatic heterocycles. The van der Waals surface area contributed by atoms with Crippen molar-refractivity contribution in [2.45, 2.75) is 12.3 Å². The fraction of sp³-hybridized carbons (Fsp3) is 0.111. The van der Waals surface area contributed by atoms with Crippen LogP contribution in [0.15, 0.2) is 121 Å². The van der Waals surface area contributed by atoms with Gasteiger partial charge in [-0.15, -0.1) is 0 Å². The molecule has 0 unspecified atom stereocenters. The summed E-state index contributed by atoms with van der Waals surface area (Å²) in [5, 5.41) is 0. The summed E-state index contributed by atoms with van der Waals surface area (Å²) in [7, 11) is 2.09. The van der Waals surface area contributed by atoms with Gasteiger partial charge >= 0.3 is 0 Å². The maximum Gasteiger partial charge on any atom is 0.0753 e. The predicted octanol–water partition coefficient (Wildman–Crippen LogP) is 6.54. The van der Waals surface area contributed by atoms with Crippen molar-refractivity contribution in [2.24, 2.45) is 0 Å². The number of allylic oxidation sites excluding steroid dienone is 7. The molecule has 0 amide bonds. The average molecular weight is 364 g/mol. The quantitative estimate of drug-likeness (QED) is 0.598. The maximum atomic E-state index is 4.22. The van der Waals surface area contributed by atoms with Crippen molar-refractivity contribution in [3.05, 3.63) is 132 Å². The van der Waals surface area contributed by atoms with E-state index in [0.29, 0.717) is 0 Å². The highest BCUT2D eigenvalue weighted by atomic mass is 15.1. The monoisotopic (exact) mass is 363 g/mol. The van der Waals surface area contributed by atoms with Gasteiger partial charge in [0.1, 0.15) is 0 Å². The summed E-state index contributed by atoms with van der Waals surface area (Å²) < 4.78 is 0. The van der Waals surface area contributed by atoms with E-state index in [0.717, 1.165) is 17.0 Å². The van der Waals surface area contributed by atoms with Gasteiger partial charge in [-0.2, -0.15) is 0 Å². The van der Waals surface area contributed by atoms with E-state index in [2.05, 4.69) is 99.3 Å². The van der Waals surface area contributed by atoms with Crippen LogP contribution in [0.25, 0.3) is 11.1 Å². The molecule has 4 rings (SSSR count). The molecule has 1 spiro atoms. The fourth-order valence-electron chi connectivity index (χ4n) is 5.02. The van der Waals surface area contributed by atoms with Crippen molar-refractivity contribution in [3.8, 4) is 11.1 Å². The number of hydrogen-bond acceptors (Lipinski definition) is 1. The number of hydrogen-bond donors (Lipinski definition) is 0. The summed E-state index contributed by atoms with van der Waals surface area (Å²) in [4.78, 5) is 2.20. The Balaban J connectivity index is 2.29. The Kier molecular flexibility index (Phi) is 4.31. The summed E-state index contributed by atoms with van der Waals surface area (Å²) in [6.07, 6.45) is 10.1. The van der Waals surface area contributed by atoms with Gasteiger partial charge in [0.05, 0.1) is 5.41 Å². The summed E-state index contributed by atoms with van der Waals surface area (Å²) in [6, 6.07) is 17.4. The molecule has 1 aliphatic carbocycles. The highest BCUT2D eigenvalue weighted by Gasteiger charge is 2.52. The topological polar surface area (TPSA) is 3.24 Å². The normalized spacial score (nSPS) is 19.7. The van der Waals surface area contributed by atoms with Crippen molar-refractivity contribution in [1.29, 1.82) is 0 Å². The van der Waals surface area contributed by atoms with Crippen LogP contribution in [0.4, 0.5) is 0 Å². The minimum absolute atomic E-state index is 0.430. The number of fused-ring (bicyclic) bond motifs is 5. The molecule has 2 aliphatic rings. The zero-order valence-electron chi connectivity index (χ0n) is 16.6. The Morgan fingerprint density at radius 2 is 1.43 bits per heavy atom. The molecule has 1 nitrogen and oxygen atoms in total. The Labute approximate surface area is 168 Å². The first-order chi connectivity index (χ1) is 13.7. The molecule has 0 saturated heterocycles. The van der Waals surface area contributed by atoms with Crippen LogP contribution in [-0.4, -0.2) is 11.9 Å². The summed E-state index contributed by atoms with van der Waals surface area (Å²) in [5.41, 5.74) is 9.29. The Morgan fingerprint density at radius 1 is 0.857 bits per heavy atom. The zero-order valence-corrected chi connectivity index (χ0v) is 16.6. The van der Waals surface area contributed by atoms with E-state index in [9.17, 15) is 0 Å². The van der Waals surface area contributed by atoms with Gasteiger partial charge in [0.25, 0.3) is 0 Å². The van der Waals surface area contributed by atoms with Gasteiger partial charge in [-0.3, -0.25) is 0 Å². The molecule has 0 saturated carbocycles. The molecule has 0 radical (unpaired) electrons. The molecule has 1 heterocycles. The first kappa shape index (κ1) is 18.1. The molecule has 0 bridgehead atoms. The SMILES string of the molecule is C=C/C=C1\C(=C/C)N(C)C(C=C)=C(C=C)C12c1ccccc1-c1ccccc12. The second-order valence-corrected chi connectivity index (χ2v) is 7.10. The smallest absolute Gasteiger partial charge is 0.0753 e. The molecule has 2 aromatic carbocycles. The van der Waals surface area contributed by atoms with Gasteiger partial charge in [0.15, 0.2) is 0 Å². The lowest BCUT2D eigenvalue weighted by atomic mass is 9.63. The Bertz CT molecular complexity index is 1050. The first-order valence-corrected chi connectivity index (χ1v) is 9.59. The fourth-order valence-corrected chi connectivity index (χ4v) is 5.02. The lowest BCUT2D eigenvalue weighted by Crippen LogP contribution is -2.40. The van der Waals surface area contributed by atoms with Crippen LogP contribution in [0.2, 0.25) is 0 Å². The van der Waals surface area contributed by atoms with Crippen LogP contribution in [0.1, 0.15) is 18.1 Å². The zero-order chi connectivity index (χ0) is 19.9. The highest BCUT2D eigenvalue weighted by Crippen LogP contribution is 2.61. The number of rotatable bonds is 3. The summed E-state index contributed by atoms with van der Waals surface area (Å²) in [5.74, 6) is 0. The lowest BCUT2D eigenvalue weighted by molar-refractivity contribution is 0.482. The summed E-state index contributed by atoms with van der Waals surface area (Å²) in [6.45, 7) is 14.5. The van der Waals surface area contributed by atoms with Gasteiger partial charge < -0.3 is 4.90 Å². The van der Waals surface area contributed by atoms with Crippen LogP contribution in [0.5, 0.6) is 0 Å². The van der Waals surface area contributed by atoms with E-state index in [1.54, 1.807) is 0 Å². The van der Waals surface area contributed by atoms with Crippen LogP contribution < -0.4 is 0 Å². The number of benzene rings is 2. The van der Waals surface area contributed by atoms with Crippen LogP contribution >= 0.6 is 0 Å². The van der Waals surface area contributed by atoms with Crippen molar-refractivity contribution in [2.75, 3.05) is 7.05 Å². The molecule has 2 aromatic rings. The van der Waals surface area contributed by atoms with Gasteiger partial charge in [-0.25, -0.2) is 0 Å². The predicted molar refractivity (Wildman–Crippen MR) is 120 cm³/mol. The van der Waals surface area contributed by atoms with E-state index in [1.807, 2.05) is 18.2 Å². The number of nitrogens with zero attached hydrogens (tertiary/aromatic N) is 1. The van der Waals surface area contributed by atoms with Gasteiger partial charge in [0, 0.05) is 18.4 Å². The van der Waals surface area contributed by atoms with E-state index < -0.39 is 5.41 Å². The molecule has 1 aliphatic heterocycles. The third kappa shape index (κ3) is 2.07. The second-order valence-electron chi connectivity index (χ2n) is 7.10. The Hall–Kier alpha value is -3.32. The molecule has 0 atom stereocenters. The second kappa shape index (κ2) is 6.69. The molecular formula is C27H25N. The van der Waals surface area contributed by atoms with E-state index in [4.69, 9.17) is 0 Å². The standard InChI is InChI=1S/C27H25N/c1-6-14-24-26(9-4)28(5)25(8-3)21(7-2)27(24)22-17-12-10-15-19(22)20-16-11-13-18-23(20)27/h6-18H,1-3H2,4-5H3/b24-14+,26-9+. The van der Waals surface area contributed by atoms with Crippen LogP contribution in [-0.2, 0) is 5.41 Å². The highest BCUT2D eigenvalue weighted by molar-refractivity contribution is 5.88. The lowest BCUT2D eigenvalue weighted by Gasteiger charge is -2.46. The summed E-state index contributed by atoms with van der Waals surface area (Å²) >= 11 is 0. The molecule has 138 valence electrons. The van der Waals surface area contributed by atoms with Crippen molar-refractivity contribution in [1.82, 2.24) is 4.90 Å². The minimum atomic E-state index is -0.430. The van der Waals surface area contributed by atoms with Crippen LogP contribution in [0.3, 0.4) is 0 Å². The maximum absolute atomic E-state index is 4.22. The molecule has 0 N–H and O–H groups in total. The van der Waals surface area contributed by atoms with Gasteiger partial charge in [-0.05, 0) is 46.4 Å². The molecular weight excluding hydrogens is 338 g/mol. The van der Waals surface area contributed by atoms with Crippen molar-refractivity contribution < 1.29 is 0 Å². The molecule has 28 heavy (non-hydrogen) atoms. The average Bonchev–Trinajstić information content (AvgIpc) is 3.02. The van der Waals surface area contributed by atoms with Gasteiger partial charge in [-0.1, -0.05) is 92.6 Å². The largest absolute Gasteiger partial charge is 0.344 e. The third-order valence-corrected chi connectivity index (χ3v) is 5.99. The third-order valence-electron chi connectivity index (χ3n) is 5.99. The van der Waals surface area contributed by atoms with E-state index >= 15 is 0 Å². The van der Waals surface area contributed by atoms with Crippen molar-refractivity contribution in [3.63, 3.8) is 0 Å². The van der Waals surface area contributed by atoms with E-state index in [1.165, 1.54) is 27.8 Å². The molecule has 0 fully saturated rings. The number of likely N-dealkylation sites (N-methyl/N-ethyl adjacent to an activating group) is 1. The molecule has 1 heteroatoms. The first-order valence-electron chi connectivity index (χ1n) is 9.59. The van der Waals surface area contributed by atoms with Crippen molar-refractivity contribution >= 4 is 0 Å².